The van der Waals surface area contributed by atoms with Gasteiger partial charge < -0.3 is 18.9 Å². The van der Waals surface area contributed by atoms with E-state index in [1.54, 1.807) is 0 Å². The van der Waals surface area contributed by atoms with Gasteiger partial charge in [-0.25, -0.2) is 4.57 Å². The maximum Gasteiger partial charge on any atom is 0.472 e. The van der Waals surface area contributed by atoms with Crippen molar-refractivity contribution in [1.82, 2.24) is 0 Å². The van der Waals surface area contributed by atoms with E-state index in [1.165, 1.54) is 89.9 Å². The lowest BCUT2D eigenvalue weighted by atomic mass is 10.0. The third-order valence-electron chi connectivity index (χ3n) is 6.13. The summed E-state index contributed by atoms with van der Waals surface area (Å²) in [5.41, 5.74) is 0. The largest absolute Gasteiger partial charge is 0.472 e. The molecule has 0 spiro atoms. The van der Waals surface area contributed by atoms with Gasteiger partial charge in [-0.3, -0.25) is 13.8 Å². The van der Waals surface area contributed by atoms with E-state index in [4.69, 9.17) is 18.5 Å². The zero-order valence-corrected chi connectivity index (χ0v) is 24.7. The van der Waals surface area contributed by atoms with Crippen molar-refractivity contribution in [3.63, 3.8) is 0 Å². The molecule has 0 rings (SSSR count). The average molecular weight is 539 g/mol. The fraction of sp³-hybridized carbons (Fsp3) is 0.963. The van der Waals surface area contributed by atoms with Crippen molar-refractivity contribution in [1.29, 1.82) is 0 Å². The summed E-state index contributed by atoms with van der Waals surface area (Å²) in [6.45, 7) is 3.65. The quantitative estimate of drug-likeness (QED) is 0.0516. The Labute approximate surface area is 221 Å². The van der Waals surface area contributed by atoms with Crippen LogP contribution in [0, 0.1) is 0 Å². The molecule has 0 fully saturated rings. The van der Waals surface area contributed by atoms with Gasteiger partial charge in [-0.1, -0.05) is 103 Å². The van der Waals surface area contributed by atoms with E-state index in [2.05, 4.69) is 6.92 Å². The minimum atomic E-state index is -4.20. The third-order valence-corrected chi connectivity index (χ3v) is 7.12. The Hall–Kier alpha value is -0.500. The Morgan fingerprint density at radius 3 is 1.64 bits per heavy atom. The molecule has 0 radical (unpaired) electrons. The van der Waals surface area contributed by atoms with Crippen LogP contribution in [0.3, 0.4) is 0 Å². The second kappa shape index (κ2) is 23.6. The van der Waals surface area contributed by atoms with Crippen LogP contribution in [-0.2, 0) is 27.9 Å². The van der Waals surface area contributed by atoms with E-state index >= 15 is 0 Å². The number of carbonyl (C=O) groups excluding carboxylic acids is 1. The molecule has 216 valence electrons. The number of hydrogen-bond acceptors (Lipinski definition) is 6. The van der Waals surface area contributed by atoms with Crippen molar-refractivity contribution in [3.8, 4) is 0 Å². The number of carbonyl (C=O) groups is 1. The molecule has 0 amide bonds. The van der Waals surface area contributed by atoms with Crippen molar-refractivity contribution in [2.45, 2.75) is 116 Å². The number of likely N-dealkylation sites (N-methyl/N-ethyl adjacent to an activating group) is 1. The fourth-order valence-electron chi connectivity index (χ4n) is 3.82. The molecule has 0 aromatic carbocycles. The Morgan fingerprint density at radius 2 is 1.19 bits per heavy atom. The Bertz CT molecular complexity index is 543. The van der Waals surface area contributed by atoms with E-state index in [1.807, 2.05) is 21.1 Å². The fourth-order valence-corrected chi connectivity index (χ4v) is 4.56. The van der Waals surface area contributed by atoms with Gasteiger partial charge in [-0.15, -0.1) is 0 Å². The molecule has 0 aliphatic heterocycles. The van der Waals surface area contributed by atoms with Crippen LogP contribution in [0.1, 0.15) is 110 Å². The van der Waals surface area contributed by atoms with Crippen molar-refractivity contribution in [2.24, 2.45) is 0 Å². The molecular weight excluding hydrogens is 481 g/mol. The first kappa shape index (κ1) is 35.5. The van der Waals surface area contributed by atoms with Crippen LogP contribution in [0.5, 0.6) is 0 Å². The normalized spacial score (nSPS) is 14.5. The molecule has 1 N–H and O–H groups in total. The Morgan fingerprint density at radius 1 is 0.722 bits per heavy atom. The molecule has 8 nitrogen and oxygen atoms in total. The zero-order chi connectivity index (χ0) is 27.0. The van der Waals surface area contributed by atoms with Crippen molar-refractivity contribution >= 4 is 14.3 Å². The second-order valence-electron chi connectivity index (χ2n) is 10.8. The predicted molar refractivity (Wildman–Crippen MR) is 146 cm³/mol. The number of unbranched alkanes of at least 4 members (excludes halogenated alkanes) is 15. The number of phosphoric ester groups is 1. The van der Waals surface area contributed by atoms with Crippen LogP contribution >= 0.6 is 7.82 Å². The molecule has 36 heavy (non-hydrogen) atoms. The highest BCUT2D eigenvalue weighted by Gasteiger charge is 2.25. The van der Waals surface area contributed by atoms with Gasteiger partial charge in [0.2, 0.25) is 0 Å². The molecule has 0 bridgehead atoms. The van der Waals surface area contributed by atoms with E-state index in [-0.39, 0.29) is 19.8 Å². The lowest BCUT2D eigenvalue weighted by Gasteiger charge is -2.24. The van der Waals surface area contributed by atoms with Gasteiger partial charge in [-0.2, -0.15) is 0 Å². The van der Waals surface area contributed by atoms with Crippen LogP contribution in [0.2, 0.25) is 0 Å². The second-order valence-corrected chi connectivity index (χ2v) is 12.3. The van der Waals surface area contributed by atoms with E-state index < -0.39 is 13.9 Å². The van der Waals surface area contributed by atoms with Crippen molar-refractivity contribution in [3.05, 3.63) is 0 Å². The van der Waals surface area contributed by atoms with Gasteiger partial charge in [0.25, 0.3) is 6.47 Å². The summed E-state index contributed by atoms with van der Waals surface area (Å²) in [6.07, 6.45) is 20.3. The first-order valence-electron chi connectivity index (χ1n) is 14.3. The lowest BCUT2D eigenvalue weighted by molar-refractivity contribution is -0.870. The molecule has 2 unspecified atom stereocenters. The summed E-state index contributed by atoms with van der Waals surface area (Å²) in [7, 11) is 1.67. The summed E-state index contributed by atoms with van der Waals surface area (Å²) in [5.74, 6) is 0. The molecule has 2 atom stereocenters. The van der Waals surface area contributed by atoms with Crippen molar-refractivity contribution < 1.29 is 37.3 Å². The van der Waals surface area contributed by atoms with Crippen LogP contribution in [0.25, 0.3) is 0 Å². The third kappa shape index (κ3) is 26.6. The van der Waals surface area contributed by atoms with Gasteiger partial charge in [-0.05, 0) is 6.42 Å². The number of quaternary nitrogens is 1. The lowest BCUT2D eigenvalue weighted by Crippen LogP contribution is -2.37. The van der Waals surface area contributed by atoms with E-state index in [9.17, 15) is 14.3 Å². The molecule has 0 heterocycles. The standard InChI is InChI=1S/C27H56NO7P/c1-5-6-7-8-9-10-11-12-13-14-15-16-17-18-19-20-22-32-24-27(33-26-29)25-35-36(30,31)34-23-21-28(2,3)4/h26-27H,5-25H2,1-4H3/p+1. The summed E-state index contributed by atoms with van der Waals surface area (Å²) < 4.78 is 33.0. The number of ether oxygens (including phenoxy) is 2. The molecule has 0 aliphatic carbocycles. The van der Waals surface area contributed by atoms with Gasteiger partial charge in [0, 0.05) is 6.61 Å². The molecule has 0 aromatic rings. The highest BCUT2D eigenvalue weighted by Crippen LogP contribution is 2.43. The Kier molecular flexibility index (Phi) is 23.3. The predicted octanol–water partition coefficient (Wildman–Crippen LogP) is 6.65. The van der Waals surface area contributed by atoms with Gasteiger partial charge in [0.15, 0.2) is 0 Å². The smallest absolute Gasteiger partial charge is 0.460 e. The molecular formula is C27H57NO7P+. The van der Waals surface area contributed by atoms with Crippen LogP contribution in [0.15, 0.2) is 0 Å². The van der Waals surface area contributed by atoms with E-state index in [0.29, 0.717) is 24.1 Å². The maximum atomic E-state index is 12.0. The minimum absolute atomic E-state index is 0.0895. The maximum absolute atomic E-state index is 12.0. The van der Waals surface area contributed by atoms with Gasteiger partial charge >= 0.3 is 7.82 Å². The molecule has 9 heteroatoms. The molecule has 0 saturated carbocycles. The average Bonchev–Trinajstić information content (AvgIpc) is 2.80. The van der Waals surface area contributed by atoms with Crippen LogP contribution in [-0.4, -0.2) is 76.1 Å². The summed E-state index contributed by atoms with van der Waals surface area (Å²) in [6, 6.07) is 0. The SMILES string of the molecule is CCCCCCCCCCCCCCCCCCOCC(COP(=O)(O)OCC[N+](C)(C)C)OC=O. The number of nitrogens with zero attached hydrogens (tertiary/aromatic N) is 1. The Balaban J connectivity index is 3.60. The van der Waals surface area contributed by atoms with Crippen LogP contribution < -0.4 is 0 Å². The monoisotopic (exact) mass is 538 g/mol. The van der Waals surface area contributed by atoms with E-state index in [0.717, 1.165) is 12.8 Å². The highest BCUT2D eigenvalue weighted by atomic mass is 31.2. The van der Waals surface area contributed by atoms with Gasteiger partial charge in [0.1, 0.15) is 19.3 Å². The number of rotatable bonds is 28. The minimum Gasteiger partial charge on any atom is -0.460 e. The molecule has 0 aliphatic rings. The van der Waals surface area contributed by atoms with Crippen LogP contribution in [0.4, 0.5) is 0 Å². The zero-order valence-electron chi connectivity index (χ0n) is 23.8. The van der Waals surface area contributed by atoms with Crippen molar-refractivity contribution in [2.75, 3.05) is 54.1 Å². The molecule has 0 aromatic heterocycles. The summed E-state index contributed by atoms with van der Waals surface area (Å²) >= 11 is 0. The first-order valence-corrected chi connectivity index (χ1v) is 15.8. The summed E-state index contributed by atoms with van der Waals surface area (Å²) in [4.78, 5) is 20.5. The van der Waals surface area contributed by atoms with Gasteiger partial charge in [0.05, 0.1) is 34.4 Å². The first-order chi connectivity index (χ1) is 17.2. The number of phosphoric acid groups is 1. The summed E-state index contributed by atoms with van der Waals surface area (Å²) in [5, 5.41) is 0. The topological polar surface area (TPSA) is 91.3 Å². The number of hydrogen-bond donors (Lipinski definition) is 1. The molecule has 0 saturated heterocycles. The highest BCUT2D eigenvalue weighted by molar-refractivity contribution is 7.47.